The van der Waals surface area contributed by atoms with E-state index in [2.05, 4.69) is 15.0 Å². The van der Waals surface area contributed by atoms with Gasteiger partial charge in [-0.15, -0.1) is 0 Å². The second kappa shape index (κ2) is 7.01. The van der Waals surface area contributed by atoms with Crippen molar-refractivity contribution in [1.82, 2.24) is 4.98 Å². The maximum absolute atomic E-state index is 12.4. The number of anilines is 1. The maximum Gasteiger partial charge on any atom is 0.387 e. The number of ether oxygens (including phenoxy) is 1. The number of aromatic nitrogens is 1. The zero-order chi connectivity index (χ0) is 17.0. The molecule has 0 aliphatic heterocycles. The molecule has 1 heterocycles. The van der Waals surface area contributed by atoms with Crippen LogP contribution < -0.4 is 10.1 Å². The third-order valence-electron chi connectivity index (χ3n) is 2.65. The Morgan fingerprint density at radius 1 is 1.26 bits per heavy atom. The Labute approximate surface area is 133 Å². The lowest BCUT2D eigenvalue weighted by Crippen LogP contribution is -2.14. The predicted molar refractivity (Wildman–Crippen MR) is 77.2 cm³/mol. The molecule has 120 valence electrons. The molecule has 0 fully saturated rings. The van der Waals surface area contributed by atoms with Crippen molar-refractivity contribution in [2.45, 2.75) is 6.61 Å². The summed E-state index contributed by atoms with van der Waals surface area (Å²) in [4.78, 5) is 26.3. The Kier molecular flexibility index (Phi) is 5.07. The lowest BCUT2D eigenvalue weighted by molar-refractivity contribution is -0.0493. The molecule has 6 nitrogen and oxygen atoms in total. The van der Waals surface area contributed by atoms with E-state index in [1.165, 1.54) is 18.2 Å². The van der Waals surface area contributed by atoms with Crippen molar-refractivity contribution in [3.63, 3.8) is 0 Å². The number of carboxylic acids is 1. The van der Waals surface area contributed by atoms with Gasteiger partial charge in [-0.1, -0.05) is 11.6 Å². The number of hydrogen-bond acceptors (Lipinski definition) is 4. The summed E-state index contributed by atoms with van der Waals surface area (Å²) in [5, 5.41) is 11.3. The van der Waals surface area contributed by atoms with Crippen LogP contribution in [0.2, 0.25) is 5.02 Å². The Balaban J connectivity index is 2.21. The van der Waals surface area contributed by atoms with Gasteiger partial charge < -0.3 is 15.2 Å². The number of halogens is 3. The van der Waals surface area contributed by atoms with Gasteiger partial charge in [0.2, 0.25) is 0 Å². The molecule has 2 N–H and O–H groups in total. The smallest absolute Gasteiger partial charge is 0.387 e. The molecule has 2 aromatic rings. The van der Waals surface area contributed by atoms with Gasteiger partial charge in [-0.05, 0) is 24.3 Å². The van der Waals surface area contributed by atoms with Crippen molar-refractivity contribution in [1.29, 1.82) is 0 Å². The highest BCUT2D eigenvalue weighted by molar-refractivity contribution is 6.30. The van der Waals surface area contributed by atoms with Crippen LogP contribution >= 0.6 is 11.6 Å². The first-order chi connectivity index (χ1) is 10.9. The molecule has 0 spiro atoms. The number of carbonyl (C=O) groups excluding carboxylic acids is 1. The Morgan fingerprint density at radius 2 is 2.00 bits per heavy atom. The summed E-state index contributed by atoms with van der Waals surface area (Å²) in [5.41, 5.74) is -0.190. The van der Waals surface area contributed by atoms with Gasteiger partial charge >= 0.3 is 12.6 Å². The Bertz CT molecular complexity index is 738. The number of nitrogens with one attached hydrogen (secondary N) is 1. The first kappa shape index (κ1) is 16.6. The Morgan fingerprint density at radius 3 is 2.57 bits per heavy atom. The van der Waals surface area contributed by atoms with Crippen LogP contribution in [-0.2, 0) is 0 Å². The highest BCUT2D eigenvalue weighted by Crippen LogP contribution is 2.29. The highest BCUT2D eigenvalue weighted by Gasteiger charge is 2.15. The van der Waals surface area contributed by atoms with Crippen LogP contribution in [0.4, 0.5) is 14.5 Å². The third-order valence-corrected chi connectivity index (χ3v) is 2.89. The first-order valence-electron chi connectivity index (χ1n) is 6.12. The summed E-state index contributed by atoms with van der Waals surface area (Å²) in [7, 11) is 0. The van der Waals surface area contributed by atoms with Gasteiger partial charge in [-0.2, -0.15) is 8.78 Å². The molecule has 0 unspecified atom stereocenters. The average Bonchev–Trinajstić information content (AvgIpc) is 2.49. The monoisotopic (exact) mass is 342 g/mol. The van der Waals surface area contributed by atoms with Crippen LogP contribution in [0, 0.1) is 0 Å². The molecule has 23 heavy (non-hydrogen) atoms. The average molecular weight is 343 g/mol. The van der Waals surface area contributed by atoms with E-state index in [-0.39, 0.29) is 27.7 Å². The molecule has 1 aromatic carbocycles. The second-order valence-corrected chi connectivity index (χ2v) is 4.65. The fourth-order valence-corrected chi connectivity index (χ4v) is 1.80. The van der Waals surface area contributed by atoms with Crippen LogP contribution in [0.1, 0.15) is 20.8 Å². The van der Waals surface area contributed by atoms with Crippen molar-refractivity contribution in [2.24, 2.45) is 0 Å². The summed E-state index contributed by atoms with van der Waals surface area (Å²) in [6.45, 7) is -3.08. The van der Waals surface area contributed by atoms with Gasteiger partial charge in [-0.25, -0.2) is 9.78 Å². The number of nitrogens with zero attached hydrogens (tertiary/aromatic N) is 1. The number of hydrogen-bond donors (Lipinski definition) is 2. The van der Waals surface area contributed by atoms with E-state index in [9.17, 15) is 18.4 Å². The fraction of sp³-hybridized carbons (Fsp3) is 0.0714. The molecule has 0 bridgehead atoms. The topological polar surface area (TPSA) is 88.5 Å². The third kappa shape index (κ3) is 4.36. The SMILES string of the molecule is O=C(Nc1ccc(Cl)cc1OC(F)F)c1ccc(C(=O)O)nc1. The number of carbonyl (C=O) groups is 2. The standard InChI is InChI=1S/C14H9ClF2N2O4/c15-8-2-4-9(11(5-8)23-14(16)17)19-12(20)7-1-3-10(13(21)22)18-6-7/h1-6,14H,(H,19,20)(H,21,22). The van der Waals surface area contributed by atoms with Crippen LogP contribution in [0.5, 0.6) is 5.75 Å². The van der Waals surface area contributed by atoms with E-state index in [1.54, 1.807) is 0 Å². The quantitative estimate of drug-likeness (QED) is 0.870. The van der Waals surface area contributed by atoms with E-state index < -0.39 is 18.5 Å². The Hall–Kier alpha value is -2.74. The number of amides is 1. The molecule has 0 saturated carbocycles. The first-order valence-corrected chi connectivity index (χ1v) is 6.49. The number of rotatable bonds is 5. The molecular weight excluding hydrogens is 334 g/mol. The highest BCUT2D eigenvalue weighted by atomic mass is 35.5. The summed E-state index contributed by atoms with van der Waals surface area (Å²) in [5.74, 6) is -2.20. The molecule has 1 amide bonds. The summed E-state index contributed by atoms with van der Waals surface area (Å²) < 4.78 is 29.0. The van der Waals surface area contributed by atoms with E-state index in [0.29, 0.717) is 0 Å². The van der Waals surface area contributed by atoms with Crippen molar-refractivity contribution >= 4 is 29.2 Å². The fourth-order valence-electron chi connectivity index (χ4n) is 1.64. The van der Waals surface area contributed by atoms with E-state index >= 15 is 0 Å². The van der Waals surface area contributed by atoms with Crippen LogP contribution in [-0.4, -0.2) is 28.6 Å². The van der Waals surface area contributed by atoms with Gasteiger partial charge in [0.15, 0.2) is 5.75 Å². The van der Waals surface area contributed by atoms with E-state index in [0.717, 1.165) is 18.3 Å². The lowest BCUT2D eigenvalue weighted by atomic mass is 10.2. The predicted octanol–water partition coefficient (Wildman–Crippen LogP) is 3.29. The van der Waals surface area contributed by atoms with Gasteiger partial charge in [0.05, 0.1) is 11.3 Å². The van der Waals surface area contributed by atoms with Gasteiger partial charge in [0.1, 0.15) is 5.69 Å². The largest absolute Gasteiger partial charge is 0.477 e. The zero-order valence-electron chi connectivity index (χ0n) is 11.3. The minimum absolute atomic E-state index is 0.0120. The summed E-state index contributed by atoms with van der Waals surface area (Å²) in [6, 6.07) is 6.22. The van der Waals surface area contributed by atoms with Crippen LogP contribution in [0.3, 0.4) is 0 Å². The lowest BCUT2D eigenvalue weighted by Gasteiger charge is -2.12. The molecule has 2 rings (SSSR count). The number of carboxylic acid groups (broad SMARTS) is 1. The normalized spacial score (nSPS) is 10.4. The van der Waals surface area contributed by atoms with Crippen molar-refractivity contribution in [2.75, 3.05) is 5.32 Å². The minimum atomic E-state index is -3.08. The van der Waals surface area contributed by atoms with Crippen LogP contribution in [0.15, 0.2) is 36.5 Å². The number of aromatic carboxylic acids is 1. The van der Waals surface area contributed by atoms with Gasteiger partial charge in [-0.3, -0.25) is 4.79 Å². The summed E-state index contributed by atoms with van der Waals surface area (Å²) >= 11 is 5.70. The van der Waals surface area contributed by atoms with E-state index in [4.69, 9.17) is 16.7 Å². The van der Waals surface area contributed by atoms with Crippen molar-refractivity contribution < 1.29 is 28.2 Å². The van der Waals surface area contributed by atoms with E-state index in [1.807, 2.05) is 0 Å². The molecule has 0 radical (unpaired) electrons. The number of pyridine rings is 1. The number of benzene rings is 1. The maximum atomic E-state index is 12.4. The summed E-state index contributed by atoms with van der Waals surface area (Å²) in [6.07, 6.45) is 1.06. The molecule has 0 aliphatic rings. The van der Waals surface area contributed by atoms with Crippen molar-refractivity contribution in [3.05, 3.63) is 52.8 Å². The molecule has 0 aliphatic carbocycles. The van der Waals surface area contributed by atoms with Gasteiger partial charge in [0, 0.05) is 17.3 Å². The minimum Gasteiger partial charge on any atom is -0.477 e. The van der Waals surface area contributed by atoms with Gasteiger partial charge in [0.25, 0.3) is 5.91 Å². The molecule has 9 heteroatoms. The molecular formula is C14H9ClF2N2O4. The van der Waals surface area contributed by atoms with Crippen LogP contribution in [0.25, 0.3) is 0 Å². The van der Waals surface area contributed by atoms with Crippen molar-refractivity contribution in [3.8, 4) is 5.75 Å². The molecule has 0 atom stereocenters. The zero-order valence-corrected chi connectivity index (χ0v) is 12.1. The molecule has 1 aromatic heterocycles. The number of alkyl halides is 2. The second-order valence-electron chi connectivity index (χ2n) is 4.21. The molecule has 0 saturated heterocycles.